The molecule has 1 amide bonds. The van der Waals surface area contributed by atoms with E-state index >= 15 is 0 Å². The Morgan fingerprint density at radius 3 is 2.59 bits per heavy atom. The Hall–Kier alpha value is -0.780. The van der Waals surface area contributed by atoms with Crippen LogP contribution >= 0.6 is 0 Å². The summed E-state index contributed by atoms with van der Waals surface area (Å²) in [7, 11) is 0. The third-order valence-corrected chi connectivity index (χ3v) is 3.75. The van der Waals surface area contributed by atoms with Gasteiger partial charge < -0.3 is 0 Å². The molecule has 1 N–H and O–H groups in total. The van der Waals surface area contributed by atoms with Crippen molar-refractivity contribution in [2.45, 2.75) is 38.3 Å². The summed E-state index contributed by atoms with van der Waals surface area (Å²) < 4.78 is 35.3. The number of halogens is 3. The Morgan fingerprint density at radius 2 is 2.06 bits per heavy atom. The van der Waals surface area contributed by atoms with E-state index in [0.717, 1.165) is 18.8 Å². The van der Waals surface area contributed by atoms with E-state index in [-0.39, 0.29) is 0 Å². The van der Waals surface area contributed by atoms with Crippen LogP contribution < -0.4 is 5.48 Å². The van der Waals surface area contributed by atoms with Crippen LogP contribution in [0, 0.1) is 17.8 Å². The Morgan fingerprint density at radius 1 is 1.29 bits per heavy atom. The summed E-state index contributed by atoms with van der Waals surface area (Å²) in [6.07, 6.45) is 0.511. The van der Waals surface area contributed by atoms with Crippen LogP contribution in [-0.2, 0) is 9.63 Å². The lowest BCUT2D eigenvalue weighted by molar-refractivity contribution is -0.192. The van der Waals surface area contributed by atoms with E-state index in [1.165, 1.54) is 12.8 Å². The summed E-state index contributed by atoms with van der Waals surface area (Å²) in [5.74, 6) is 1.22. The number of hydrogen-bond donors (Lipinski definition) is 1. The summed E-state index contributed by atoms with van der Waals surface area (Å²) in [6, 6.07) is 0. The molecule has 2 rings (SSSR count). The number of carbonyl (C=O) groups is 1. The van der Waals surface area contributed by atoms with Gasteiger partial charge in [0.1, 0.15) is 0 Å². The molecule has 3 unspecified atom stereocenters. The quantitative estimate of drug-likeness (QED) is 0.779. The van der Waals surface area contributed by atoms with Gasteiger partial charge in [-0.3, -0.25) is 9.63 Å². The van der Waals surface area contributed by atoms with Crippen LogP contribution in [0.1, 0.15) is 32.1 Å². The second-order valence-electron chi connectivity index (χ2n) is 5.07. The molecule has 0 aliphatic heterocycles. The van der Waals surface area contributed by atoms with Crippen molar-refractivity contribution in [3.63, 3.8) is 0 Å². The van der Waals surface area contributed by atoms with Crippen LogP contribution in [0.5, 0.6) is 0 Å². The van der Waals surface area contributed by atoms with E-state index in [0.29, 0.717) is 18.3 Å². The molecule has 2 saturated carbocycles. The highest BCUT2D eigenvalue weighted by molar-refractivity contribution is 5.75. The zero-order valence-corrected chi connectivity index (χ0v) is 9.43. The molecule has 2 bridgehead atoms. The van der Waals surface area contributed by atoms with E-state index in [1.807, 2.05) is 5.48 Å². The standard InChI is InChI=1S/C11H16F3NO2/c12-11(13,14)6-17-15-10(16)5-9-4-7-1-2-8(9)3-7/h7-9H,1-6H2,(H,15,16). The van der Waals surface area contributed by atoms with E-state index in [2.05, 4.69) is 4.84 Å². The maximum absolute atomic E-state index is 11.8. The lowest BCUT2D eigenvalue weighted by Crippen LogP contribution is -2.31. The summed E-state index contributed by atoms with van der Waals surface area (Å²) in [5, 5.41) is 0. The molecule has 3 atom stereocenters. The molecule has 0 saturated heterocycles. The second-order valence-corrected chi connectivity index (χ2v) is 5.07. The van der Waals surface area contributed by atoms with Gasteiger partial charge in [-0.1, -0.05) is 6.42 Å². The average Bonchev–Trinajstić information content (AvgIpc) is 2.76. The molecule has 2 fully saturated rings. The molecule has 0 aromatic heterocycles. The largest absolute Gasteiger partial charge is 0.414 e. The predicted molar refractivity (Wildman–Crippen MR) is 53.7 cm³/mol. The van der Waals surface area contributed by atoms with Gasteiger partial charge in [0, 0.05) is 6.42 Å². The Kier molecular flexibility index (Phi) is 3.61. The van der Waals surface area contributed by atoms with Crippen LogP contribution in [0.3, 0.4) is 0 Å². The fourth-order valence-corrected chi connectivity index (χ4v) is 3.10. The number of carbonyl (C=O) groups excluding carboxylic acids is 1. The fraction of sp³-hybridized carbons (Fsp3) is 0.909. The monoisotopic (exact) mass is 251 g/mol. The number of rotatable bonds is 4. The van der Waals surface area contributed by atoms with Crippen LogP contribution in [0.15, 0.2) is 0 Å². The van der Waals surface area contributed by atoms with Crippen molar-refractivity contribution in [2.75, 3.05) is 6.61 Å². The minimum atomic E-state index is -4.40. The molecule has 0 heterocycles. The zero-order valence-electron chi connectivity index (χ0n) is 9.43. The molecule has 0 aromatic rings. The maximum atomic E-state index is 11.8. The van der Waals surface area contributed by atoms with Crippen LogP contribution in [0.25, 0.3) is 0 Å². The molecule has 0 aromatic carbocycles. The van der Waals surface area contributed by atoms with Gasteiger partial charge in [-0.25, -0.2) is 5.48 Å². The molecule has 2 aliphatic rings. The minimum Gasteiger partial charge on any atom is -0.273 e. The van der Waals surface area contributed by atoms with Gasteiger partial charge >= 0.3 is 6.18 Å². The van der Waals surface area contributed by atoms with E-state index in [4.69, 9.17) is 0 Å². The summed E-state index contributed by atoms with van der Waals surface area (Å²) in [4.78, 5) is 15.5. The van der Waals surface area contributed by atoms with Gasteiger partial charge in [-0.05, 0) is 37.0 Å². The molecule has 98 valence electrons. The first kappa shape index (κ1) is 12.7. The van der Waals surface area contributed by atoms with Crippen molar-refractivity contribution in [1.82, 2.24) is 5.48 Å². The molecule has 6 heteroatoms. The van der Waals surface area contributed by atoms with Crippen molar-refractivity contribution >= 4 is 5.91 Å². The van der Waals surface area contributed by atoms with E-state index in [1.54, 1.807) is 0 Å². The number of alkyl halides is 3. The fourth-order valence-electron chi connectivity index (χ4n) is 3.10. The van der Waals surface area contributed by atoms with Crippen LogP contribution in [-0.4, -0.2) is 18.7 Å². The van der Waals surface area contributed by atoms with Crippen molar-refractivity contribution in [3.8, 4) is 0 Å². The van der Waals surface area contributed by atoms with E-state index < -0.39 is 18.7 Å². The van der Waals surface area contributed by atoms with Crippen LogP contribution in [0.4, 0.5) is 13.2 Å². The maximum Gasteiger partial charge on any atom is 0.414 e. The van der Waals surface area contributed by atoms with Crippen molar-refractivity contribution in [3.05, 3.63) is 0 Å². The van der Waals surface area contributed by atoms with Crippen molar-refractivity contribution in [2.24, 2.45) is 17.8 Å². The highest BCUT2D eigenvalue weighted by Gasteiger charge is 2.40. The topological polar surface area (TPSA) is 38.3 Å². The van der Waals surface area contributed by atoms with E-state index in [9.17, 15) is 18.0 Å². The summed E-state index contributed by atoms with van der Waals surface area (Å²) in [6.45, 7) is -1.44. The summed E-state index contributed by atoms with van der Waals surface area (Å²) >= 11 is 0. The van der Waals surface area contributed by atoms with Crippen molar-refractivity contribution in [1.29, 1.82) is 0 Å². The number of fused-ring (bicyclic) bond motifs is 2. The number of nitrogens with one attached hydrogen (secondary N) is 1. The smallest absolute Gasteiger partial charge is 0.273 e. The van der Waals surface area contributed by atoms with Crippen LogP contribution in [0.2, 0.25) is 0 Å². The summed E-state index contributed by atoms with van der Waals surface area (Å²) in [5.41, 5.74) is 1.87. The highest BCUT2D eigenvalue weighted by atomic mass is 19.4. The van der Waals surface area contributed by atoms with Gasteiger partial charge in [-0.15, -0.1) is 0 Å². The third-order valence-electron chi connectivity index (χ3n) is 3.75. The molecule has 2 aliphatic carbocycles. The molecular weight excluding hydrogens is 235 g/mol. The van der Waals surface area contributed by atoms with Gasteiger partial charge in [-0.2, -0.15) is 13.2 Å². The van der Waals surface area contributed by atoms with Gasteiger partial charge in [0.15, 0.2) is 6.61 Å². The SMILES string of the molecule is O=C(CC1CC2CCC1C2)NOCC(F)(F)F. The zero-order chi connectivity index (χ0) is 12.5. The van der Waals surface area contributed by atoms with Gasteiger partial charge in [0.2, 0.25) is 5.91 Å². The third kappa shape index (κ3) is 3.59. The van der Waals surface area contributed by atoms with Crippen molar-refractivity contribution < 1.29 is 22.8 Å². The average molecular weight is 251 g/mol. The first-order chi connectivity index (χ1) is 7.94. The highest BCUT2D eigenvalue weighted by Crippen LogP contribution is 2.49. The molecule has 0 spiro atoms. The Labute approximate surface area is 97.7 Å². The second kappa shape index (κ2) is 4.84. The Bertz CT molecular complexity index is 293. The first-order valence-corrected chi connectivity index (χ1v) is 5.91. The molecule has 0 radical (unpaired) electrons. The minimum absolute atomic E-state index is 0.291. The normalized spacial score (nSPS) is 31.8. The molecular formula is C11H16F3NO2. The lowest BCUT2D eigenvalue weighted by atomic mass is 9.86. The number of hydrogen-bond acceptors (Lipinski definition) is 2. The first-order valence-electron chi connectivity index (χ1n) is 5.91. The number of hydroxylamine groups is 1. The molecule has 17 heavy (non-hydrogen) atoms. The molecule has 3 nitrogen and oxygen atoms in total. The van der Waals surface area contributed by atoms with Gasteiger partial charge in [0.05, 0.1) is 0 Å². The Balaban J connectivity index is 1.64. The number of amides is 1. The lowest BCUT2D eigenvalue weighted by Gasteiger charge is -2.20. The predicted octanol–water partition coefficient (Wildman–Crippen LogP) is 2.42. The van der Waals surface area contributed by atoms with Gasteiger partial charge in [0.25, 0.3) is 0 Å².